The van der Waals surface area contributed by atoms with E-state index in [1.807, 2.05) is 6.07 Å². The Morgan fingerprint density at radius 1 is 1.24 bits per heavy atom. The molecule has 1 unspecified atom stereocenters. The second-order valence-electron chi connectivity index (χ2n) is 10.2. The first-order chi connectivity index (χ1) is 17.6. The maximum atomic E-state index is 14.2. The van der Waals surface area contributed by atoms with E-state index < -0.39 is 47.0 Å². The van der Waals surface area contributed by atoms with Crippen LogP contribution in [0.4, 0.5) is 5.69 Å². The second-order valence-corrected chi connectivity index (χ2v) is 10.2. The van der Waals surface area contributed by atoms with E-state index in [1.54, 1.807) is 43.4 Å². The molecule has 1 saturated heterocycles. The summed E-state index contributed by atoms with van der Waals surface area (Å²) in [6, 6.07) is 6.24. The maximum absolute atomic E-state index is 14.2. The van der Waals surface area contributed by atoms with Gasteiger partial charge in [-0.1, -0.05) is 6.07 Å². The lowest BCUT2D eigenvalue weighted by Gasteiger charge is -2.59. The van der Waals surface area contributed by atoms with Gasteiger partial charge < -0.3 is 26.8 Å². The number of amides is 1. The van der Waals surface area contributed by atoms with Gasteiger partial charge in [0.05, 0.1) is 28.6 Å². The normalized spacial score (nSPS) is 30.3. The summed E-state index contributed by atoms with van der Waals surface area (Å²) >= 11 is 0. The molecule has 2 fully saturated rings. The van der Waals surface area contributed by atoms with Crippen molar-refractivity contribution < 1.29 is 34.7 Å². The molecule has 3 aliphatic carbocycles. The van der Waals surface area contributed by atoms with Crippen molar-refractivity contribution in [2.75, 3.05) is 19.8 Å². The molecule has 2 heterocycles. The summed E-state index contributed by atoms with van der Waals surface area (Å²) in [5, 5.41) is 33.4. The number of phenolic OH excluding ortho intramolecular Hbond substituents is 1. The second kappa shape index (κ2) is 7.78. The molecule has 0 bridgehead atoms. The highest BCUT2D eigenvalue weighted by Crippen LogP contribution is 2.59. The third kappa shape index (κ3) is 2.90. The number of benzene rings is 1. The van der Waals surface area contributed by atoms with Crippen LogP contribution in [0.5, 0.6) is 5.75 Å². The van der Waals surface area contributed by atoms with Crippen molar-refractivity contribution in [3.05, 3.63) is 58.5 Å². The van der Waals surface area contributed by atoms with E-state index in [0.717, 1.165) is 0 Å². The molecule has 1 saturated carbocycles. The predicted octanol–water partition coefficient (Wildman–Crippen LogP) is 1.38. The lowest BCUT2D eigenvalue weighted by molar-refractivity contribution is -0.500. The molecule has 11 heteroatoms. The molecular formula is C26H26N4O7. The number of Topliss-reactive ketones (excluding diaryl/α,β-unsaturated/α-hetero) is 1. The summed E-state index contributed by atoms with van der Waals surface area (Å²) < 4.78 is 0. The van der Waals surface area contributed by atoms with Crippen LogP contribution >= 0.6 is 0 Å². The Kier molecular flexibility index (Phi) is 4.94. The number of primary amides is 1. The zero-order valence-electron chi connectivity index (χ0n) is 20.1. The number of pyridine rings is 1. The number of anilines is 1. The molecule has 5 atom stereocenters. The van der Waals surface area contributed by atoms with E-state index in [9.17, 15) is 24.9 Å². The molecule has 37 heavy (non-hydrogen) atoms. The van der Waals surface area contributed by atoms with Gasteiger partial charge >= 0.3 is 0 Å². The van der Waals surface area contributed by atoms with E-state index >= 15 is 0 Å². The van der Waals surface area contributed by atoms with Gasteiger partial charge in [-0.25, -0.2) is 9.78 Å². The number of nitrogens with zero attached hydrogens (tertiary/aromatic N) is 2. The van der Waals surface area contributed by atoms with Gasteiger partial charge in [-0.3, -0.25) is 19.5 Å². The number of nitrogen functional groups attached to an aromatic ring is 1. The van der Waals surface area contributed by atoms with Crippen LogP contribution in [0.15, 0.2) is 47.4 Å². The molecular weight excluding hydrogens is 480 g/mol. The zero-order valence-corrected chi connectivity index (χ0v) is 20.1. The molecule has 0 radical (unpaired) electrons. The Hall–Kier alpha value is -3.93. The monoisotopic (exact) mass is 506 g/mol. The first-order valence-electron chi connectivity index (χ1n) is 11.9. The van der Waals surface area contributed by atoms with Crippen molar-refractivity contribution in [2.45, 2.75) is 30.6 Å². The number of fused-ring (bicyclic) bond motifs is 2. The van der Waals surface area contributed by atoms with Crippen molar-refractivity contribution >= 4 is 23.1 Å². The number of rotatable bonds is 3. The van der Waals surface area contributed by atoms with Gasteiger partial charge in [-0.2, -0.15) is 0 Å². The van der Waals surface area contributed by atoms with Crippen LogP contribution in [0.2, 0.25) is 0 Å². The van der Waals surface area contributed by atoms with Crippen molar-refractivity contribution in [2.24, 2.45) is 17.6 Å². The number of carbonyl (C=O) groups excluding carboxylic acids is 2. The molecule has 1 aromatic heterocycles. The number of ketones is 1. The van der Waals surface area contributed by atoms with Crippen LogP contribution in [-0.2, 0) is 25.8 Å². The molecule has 6 rings (SSSR count). The number of aromatic hydroxyl groups is 1. The first-order valence-corrected chi connectivity index (χ1v) is 11.9. The average molecular weight is 507 g/mol. The predicted molar refractivity (Wildman–Crippen MR) is 131 cm³/mol. The number of aromatic nitrogens is 1. The van der Waals surface area contributed by atoms with Crippen LogP contribution in [0.25, 0.3) is 17.0 Å². The lowest BCUT2D eigenvalue weighted by Crippen LogP contribution is -2.75. The minimum absolute atomic E-state index is 0.0274. The zero-order chi connectivity index (χ0) is 26.4. The molecule has 1 spiro atoms. The third-order valence-electron chi connectivity index (χ3n) is 8.11. The van der Waals surface area contributed by atoms with E-state index in [1.165, 1.54) is 0 Å². The van der Waals surface area contributed by atoms with Crippen molar-refractivity contribution in [3.63, 3.8) is 0 Å². The van der Waals surface area contributed by atoms with Gasteiger partial charge in [0.15, 0.2) is 6.10 Å². The van der Waals surface area contributed by atoms with Gasteiger partial charge in [-0.15, -0.1) is 0 Å². The van der Waals surface area contributed by atoms with Gasteiger partial charge in [0, 0.05) is 23.3 Å². The number of hydrogen-bond donors (Lipinski definition) is 5. The fourth-order valence-corrected chi connectivity index (χ4v) is 6.56. The first kappa shape index (κ1) is 23.5. The van der Waals surface area contributed by atoms with Crippen LogP contribution in [0.1, 0.15) is 17.5 Å². The standard InChI is InChI=1S/C26H26N4O7/c1-30(2)19-13-8-10-7-12-11(15-5-3-4-6-29-15)9-14(27)20(31)17(12)21(32)16(10)23(34)26(13)24(36-37-26)18(22(19)33)25(28)35/h3-6,9-10,13,19,24,31-33H,7-8,27H2,1-2H3,(H2,28,35)/t10-,13-,19-,24?,26-/m0/s1. The van der Waals surface area contributed by atoms with Crippen molar-refractivity contribution in [3.8, 4) is 17.0 Å². The maximum Gasteiger partial charge on any atom is 0.250 e. The van der Waals surface area contributed by atoms with Crippen LogP contribution in [-0.4, -0.2) is 68.7 Å². The summed E-state index contributed by atoms with van der Waals surface area (Å²) in [5.41, 5.74) is 11.8. The van der Waals surface area contributed by atoms with Gasteiger partial charge in [-0.05, 0) is 56.6 Å². The van der Waals surface area contributed by atoms with Crippen molar-refractivity contribution in [1.82, 2.24) is 9.88 Å². The summed E-state index contributed by atoms with van der Waals surface area (Å²) in [4.78, 5) is 43.3. The molecule has 192 valence electrons. The summed E-state index contributed by atoms with van der Waals surface area (Å²) in [6.45, 7) is 0. The lowest BCUT2D eigenvalue weighted by atomic mass is 9.55. The van der Waals surface area contributed by atoms with Crippen LogP contribution < -0.4 is 11.5 Å². The summed E-state index contributed by atoms with van der Waals surface area (Å²) in [5.74, 6) is -3.58. The number of aliphatic hydroxyl groups excluding tert-OH is 2. The molecule has 4 aliphatic rings. The molecule has 1 amide bonds. The highest BCUT2D eigenvalue weighted by Gasteiger charge is 2.73. The Labute approximate surface area is 211 Å². The average Bonchev–Trinajstić information content (AvgIpc) is 2.83. The van der Waals surface area contributed by atoms with Gasteiger partial charge in [0.1, 0.15) is 17.3 Å². The van der Waals surface area contributed by atoms with E-state index in [2.05, 4.69) is 4.98 Å². The molecule has 2 aromatic rings. The van der Waals surface area contributed by atoms with Gasteiger partial charge in [0.2, 0.25) is 11.4 Å². The van der Waals surface area contributed by atoms with Gasteiger partial charge in [0.25, 0.3) is 5.91 Å². The summed E-state index contributed by atoms with van der Waals surface area (Å²) in [6.07, 6.45) is 1.02. The largest absolute Gasteiger partial charge is 0.510 e. The smallest absolute Gasteiger partial charge is 0.250 e. The SMILES string of the molecule is CN(C)[C@@H]1C(O)=C(C(N)=O)C2OO[C@@]23C(=O)C2=C(O)c4c(O)c(N)cc(-c5ccccn5)c4C[C@H]2C[C@@H]13. The number of likely N-dealkylation sites (N-methyl/N-ethyl adjacent to an activating group) is 1. The molecule has 11 nitrogen and oxygen atoms in total. The van der Waals surface area contributed by atoms with Crippen LogP contribution in [0.3, 0.4) is 0 Å². The summed E-state index contributed by atoms with van der Waals surface area (Å²) in [7, 11) is 3.44. The number of phenols is 1. The van der Waals surface area contributed by atoms with E-state index in [0.29, 0.717) is 29.7 Å². The fourth-order valence-electron chi connectivity index (χ4n) is 6.56. The minimum Gasteiger partial charge on any atom is -0.510 e. The topological polar surface area (TPSA) is 181 Å². The highest BCUT2D eigenvalue weighted by molar-refractivity contribution is 6.12. The number of nitrogens with two attached hydrogens (primary N) is 2. The van der Waals surface area contributed by atoms with Crippen LogP contribution in [0, 0.1) is 11.8 Å². The van der Waals surface area contributed by atoms with Crippen molar-refractivity contribution in [1.29, 1.82) is 0 Å². The number of hydrogen-bond acceptors (Lipinski definition) is 10. The fraction of sp³-hybridized carbons (Fsp3) is 0.346. The Bertz CT molecular complexity index is 1430. The highest BCUT2D eigenvalue weighted by atomic mass is 17.3. The third-order valence-corrected chi connectivity index (χ3v) is 8.11. The molecule has 1 aliphatic heterocycles. The quantitative estimate of drug-likeness (QED) is 0.232. The Morgan fingerprint density at radius 3 is 2.59 bits per heavy atom. The minimum atomic E-state index is -1.66. The van der Waals surface area contributed by atoms with E-state index in [4.69, 9.17) is 21.2 Å². The number of carbonyl (C=O) groups is 2. The molecule has 7 N–H and O–H groups in total. The Balaban J connectivity index is 1.57. The number of aliphatic hydroxyl groups is 2. The van der Waals surface area contributed by atoms with E-state index in [-0.39, 0.29) is 33.9 Å². The Morgan fingerprint density at radius 2 is 2.00 bits per heavy atom. The molecule has 1 aromatic carbocycles.